The summed E-state index contributed by atoms with van der Waals surface area (Å²) in [6.07, 6.45) is 1.76. The molecule has 152 valence electrons. The number of fused-ring (bicyclic) bond motifs is 1. The van der Waals surface area contributed by atoms with Gasteiger partial charge in [0.15, 0.2) is 5.01 Å². The van der Waals surface area contributed by atoms with Crippen molar-refractivity contribution in [3.05, 3.63) is 15.6 Å². The normalized spacial score (nSPS) is 15.2. The Balaban J connectivity index is 0.00000364. The number of likely N-dealkylation sites (N-methyl/N-ethyl adjacent to an activating group) is 1. The van der Waals surface area contributed by atoms with Gasteiger partial charge < -0.3 is 21.3 Å². The van der Waals surface area contributed by atoms with Gasteiger partial charge in [0, 0.05) is 37.2 Å². The van der Waals surface area contributed by atoms with E-state index in [2.05, 4.69) is 20.5 Å². The quantitative estimate of drug-likeness (QED) is 0.446. The molecular weight excluding hydrogens is 418 g/mol. The number of rotatable bonds is 6. The number of hydrogen-bond acceptors (Lipinski definition) is 8. The second kappa shape index (κ2) is 9.44. The summed E-state index contributed by atoms with van der Waals surface area (Å²) >= 11 is 1.26. The number of carbonyl (C=O) groups is 3. The molecule has 0 spiro atoms. The molecule has 0 radical (unpaired) electrons. The minimum absolute atomic E-state index is 0. The van der Waals surface area contributed by atoms with E-state index in [9.17, 15) is 22.8 Å². The van der Waals surface area contributed by atoms with Gasteiger partial charge in [0.05, 0.1) is 17.5 Å². The Labute approximate surface area is 167 Å². The van der Waals surface area contributed by atoms with Crippen LogP contribution >= 0.6 is 23.7 Å². The van der Waals surface area contributed by atoms with E-state index in [1.807, 2.05) is 7.05 Å². The Kier molecular flexibility index (Phi) is 8.14. The first-order valence-electron chi connectivity index (χ1n) is 7.78. The lowest BCUT2D eigenvalue weighted by Gasteiger charge is -2.20. The van der Waals surface area contributed by atoms with Gasteiger partial charge >= 0.3 is 11.8 Å². The molecule has 4 N–H and O–H groups in total. The molecule has 0 saturated carbocycles. The van der Waals surface area contributed by atoms with E-state index in [0.29, 0.717) is 6.54 Å². The lowest BCUT2D eigenvalue weighted by Crippen LogP contribution is -2.49. The van der Waals surface area contributed by atoms with Crippen molar-refractivity contribution in [3.8, 4) is 0 Å². The van der Waals surface area contributed by atoms with Crippen LogP contribution in [0.4, 0.5) is 0 Å². The summed E-state index contributed by atoms with van der Waals surface area (Å²) in [5.74, 6) is -3.16. The summed E-state index contributed by atoms with van der Waals surface area (Å²) in [5.41, 5.74) is 5.71. The van der Waals surface area contributed by atoms with E-state index in [1.165, 1.54) is 11.3 Å². The number of carbonyl (C=O) groups excluding carboxylic acids is 3. The lowest BCUT2D eigenvalue weighted by molar-refractivity contribution is -0.137. The molecule has 2 rings (SSSR count). The SMILES string of the molecule is CN1CCc2nc(C(=O)N[C@@H](CNC(=O)C(N)=O)CS(C)(=O)=O)sc2C1.Cl. The van der Waals surface area contributed by atoms with Gasteiger partial charge in [-0.2, -0.15) is 0 Å². The van der Waals surface area contributed by atoms with Crippen LogP contribution in [0.3, 0.4) is 0 Å². The van der Waals surface area contributed by atoms with Gasteiger partial charge in [-0.05, 0) is 7.05 Å². The molecule has 1 aliphatic heterocycles. The number of nitrogens with two attached hydrogens (primary N) is 1. The highest BCUT2D eigenvalue weighted by Gasteiger charge is 2.25. The van der Waals surface area contributed by atoms with E-state index < -0.39 is 39.4 Å². The molecule has 0 fully saturated rings. The average molecular weight is 440 g/mol. The number of primary amides is 1. The third-order valence-electron chi connectivity index (χ3n) is 3.69. The van der Waals surface area contributed by atoms with Gasteiger partial charge in [0.2, 0.25) is 0 Å². The van der Waals surface area contributed by atoms with Crippen molar-refractivity contribution < 1.29 is 22.8 Å². The number of nitrogens with one attached hydrogen (secondary N) is 2. The fraction of sp³-hybridized carbons (Fsp3) is 0.571. The van der Waals surface area contributed by atoms with Crippen LogP contribution in [0.1, 0.15) is 20.4 Å². The molecule has 27 heavy (non-hydrogen) atoms. The first kappa shape index (κ1) is 23.3. The van der Waals surface area contributed by atoms with E-state index in [1.54, 1.807) is 0 Å². The summed E-state index contributed by atoms with van der Waals surface area (Å²) in [6, 6.07) is -0.913. The third-order valence-corrected chi connectivity index (χ3v) is 5.78. The largest absolute Gasteiger partial charge is 0.361 e. The van der Waals surface area contributed by atoms with Crippen LogP contribution < -0.4 is 16.4 Å². The molecule has 0 bridgehead atoms. The van der Waals surface area contributed by atoms with Crippen molar-refractivity contribution in [1.82, 2.24) is 20.5 Å². The van der Waals surface area contributed by atoms with Crippen LogP contribution in [-0.2, 0) is 32.4 Å². The molecule has 1 aromatic rings. The summed E-state index contributed by atoms with van der Waals surface area (Å²) < 4.78 is 23.1. The zero-order valence-corrected chi connectivity index (χ0v) is 17.3. The second-order valence-corrected chi connectivity index (χ2v) is 9.48. The smallest absolute Gasteiger partial charge is 0.309 e. The number of sulfone groups is 1. The number of nitrogens with zero attached hydrogens (tertiary/aromatic N) is 2. The summed E-state index contributed by atoms with van der Waals surface area (Å²) in [4.78, 5) is 41.9. The topological polar surface area (TPSA) is 152 Å². The summed E-state index contributed by atoms with van der Waals surface area (Å²) in [5, 5.41) is 4.99. The van der Waals surface area contributed by atoms with Crippen molar-refractivity contribution in [2.75, 3.05) is 32.1 Å². The Morgan fingerprint density at radius 3 is 2.63 bits per heavy atom. The highest BCUT2D eigenvalue weighted by molar-refractivity contribution is 7.90. The van der Waals surface area contributed by atoms with Crippen LogP contribution in [0.2, 0.25) is 0 Å². The third kappa shape index (κ3) is 7.05. The van der Waals surface area contributed by atoms with E-state index in [4.69, 9.17) is 5.73 Å². The molecule has 13 heteroatoms. The Hall–Kier alpha value is -1.76. The predicted molar refractivity (Wildman–Crippen MR) is 103 cm³/mol. The van der Waals surface area contributed by atoms with Crippen LogP contribution in [-0.4, -0.2) is 74.2 Å². The van der Waals surface area contributed by atoms with Gasteiger partial charge in [0.25, 0.3) is 5.91 Å². The number of thiazole rings is 1. The summed E-state index contributed by atoms with van der Waals surface area (Å²) in [7, 11) is -1.46. The zero-order valence-electron chi connectivity index (χ0n) is 14.9. The molecule has 0 aromatic carbocycles. The number of hydrogen-bond donors (Lipinski definition) is 3. The maximum atomic E-state index is 12.4. The first-order valence-corrected chi connectivity index (χ1v) is 10.7. The van der Waals surface area contributed by atoms with Gasteiger partial charge in [0.1, 0.15) is 9.84 Å². The lowest BCUT2D eigenvalue weighted by atomic mass is 10.2. The second-order valence-electron chi connectivity index (χ2n) is 6.21. The molecule has 0 unspecified atom stereocenters. The fourth-order valence-corrected chi connectivity index (χ4v) is 4.51. The Morgan fingerprint density at radius 2 is 2.04 bits per heavy atom. The van der Waals surface area contributed by atoms with E-state index in [0.717, 1.165) is 29.8 Å². The highest BCUT2D eigenvalue weighted by Crippen LogP contribution is 2.24. The molecule has 1 atom stereocenters. The standard InChI is InChI=1S/C14H21N5O5S2.ClH/c1-19-4-3-9-10(6-19)25-14(18-9)13(22)17-8(7-26(2,23)24)5-16-12(21)11(15)20;/h8H,3-7H2,1-2H3,(H2,15,20)(H,16,21)(H,17,22);1H/t8-;/m0./s1. The summed E-state index contributed by atoms with van der Waals surface area (Å²) in [6.45, 7) is 1.32. The fourth-order valence-electron chi connectivity index (χ4n) is 2.49. The zero-order chi connectivity index (χ0) is 19.5. The van der Waals surface area contributed by atoms with Gasteiger partial charge in [-0.1, -0.05) is 0 Å². The number of aromatic nitrogens is 1. The van der Waals surface area contributed by atoms with Crippen LogP contribution in [0, 0.1) is 0 Å². The van der Waals surface area contributed by atoms with Crippen molar-refractivity contribution in [1.29, 1.82) is 0 Å². The van der Waals surface area contributed by atoms with Crippen LogP contribution in [0.15, 0.2) is 0 Å². The Bertz CT molecular complexity index is 826. The number of halogens is 1. The monoisotopic (exact) mass is 439 g/mol. The molecule has 1 aromatic heterocycles. The van der Waals surface area contributed by atoms with Crippen molar-refractivity contribution in [2.24, 2.45) is 5.73 Å². The van der Waals surface area contributed by atoms with Gasteiger partial charge in [-0.25, -0.2) is 13.4 Å². The molecule has 3 amide bonds. The van der Waals surface area contributed by atoms with Crippen LogP contribution in [0.25, 0.3) is 0 Å². The van der Waals surface area contributed by atoms with Crippen LogP contribution in [0.5, 0.6) is 0 Å². The molecule has 1 aliphatic rings. The molecular formula is C14H22ClN5O5S2. The predicted octanol–water partition coefficient (Wildman–Crippen LogP) is -1.70. The minimum atomic E-state index is -3.43. The average Bonchev–Trinajstić information content (AvgIpc) is 2.93. The first-order chi connectivity index (χ1) is 12.0. The van der Waals surface area contributed by atoms with Crippen molar-refractivity contribution >= 4 is 51.3 Å². The number of amides is 3. The van der Waals surface area contributed by atoms with E-state index in [-0.39, 0.29) is 24.0 Å². The molecule has 2 heterocycles. The Morgan fingerprint density at radius 1 is 1.37 bits per heavy atom. The maximum Gasteiger partial charge on any atom is 0.309 e. The minimum Gasteiger partial charge on any atom is -0.361 e. The van der Waals surface area contributed by atoms with Gasteiger partial charge in [-0.15, -0.1) is 23.7 Å². The molecule has 0 saturated heterocycles. The maximum absolute atomic E-state index is 12.4. The van der Waals surface area contributed by atoms with Crippen molar-refractivity contribution in [3.63, 3.8) is 0 Å². The molecule has 0 aliphatic carbocycles. The van der Waals surface area contributed by atoms with Gasteiger partial charge in [-0.3, -0.25) is 14.4 Å². The van der Waals surface area contributed by atoms with E-state index >= 15 is 0 Å². The highest BCUT2D eigenvalue weighted by atomic mass is 35.5. The molecule has 10 nitrogen and oxygen atoms in total. The van der Waals surface area contributed by atoms with Crippen molar-refractivity contribution in [2.45, 2.75) is 19.0 Å².